The highest BCUT2D eigenvalue weighted by Gasteiger charge is 2.20. The van der Waals surface area contributed by atoms with Crippen molar-refractivity contribution in [1.29, 1.82) is 0 Å². The molecule has 4 rings (SSSR count). The second-order valence-electron chi connectivity index (χ2n) is 5.64. The van der Waals surface area contributed by atoms with Crippen LogP contribution in [0, 0.1) is 0 Å². The van der Waals surface area contributed by atoms with Gasteiger partial charge in [-0.15, -0.1) is 0 Å². The zero-order valence-electron chi connectivity index (χ0n) is 13.0. The van der Waals surface area contributed by atoms with E-state index in [4.69, 9.17) is 9.47 Å². The molecule has 0 saturated heterocycles. The van der Waals surface area contributed by atoms with Crippen LogP contribution >= 0.6 is 0 Å². The van der Waals surface area contributed by atoms with E-state index >= 15 is 0 Å². The molecular formula is C19H16N2O3. The molecule has 24 heavy (non-hydrogen) atoms. The molecule has 5 nitrogen and oxygen atoms in total. The summed E-state index contributed by atoms with van der Waals surface area (Å²) < 4.78 is 10.6. The standard InChI is InChI=1S/C19H16N2O3/c22-19-15(10-14-6-8-16-17(11-14)24-12-23-16)20-18(21-19)9-7-13-4-2-1-3-5-13/h1-6,8,10-11H,7,9,12H2,(H,20,21,22)/b15-10+. The lowest BCUT2D eigenvalue weighted by atomic mass is 10.1. The van der Waals surface area contributed by atoms with E-state index in [0.717, 1.165) is 17.7 Å². The van der Waals surface area contributed by atoms with E-state index in [-0.39, 0.29) is 12.7 Å². The normalized spacial score (nSPS) is 17.1. The highest BCUT2D eigenvalue weighted by molar-refractivity contribution is 6.14. The average molecular weight is 320 g/mol. The fourth-order valence-electron chi connectivity index (χ4n) is 2.70. The number of rotatable bonds is 4. The molecule has 2 heterocycles. The summed E-state index contributed by atoms with van der Waals surface area (Å²) in [6.07, 6.45) is 3.30. The number of benzene rings is 2. The Morgan fingerprint density at radius 3 is 2.75 bits per heavy atom. The Balaban J connectivity index is 1.49. The van der Waals surface area contributed by atoms with Gasteiger partial charge in [0, 0.05) is 6.42 Å². The molecule has 0 spiro atoms. The monoisotopic (exact) mass is 320 g/mol. The minimum absolute atomic E-state index is 0.171. The first-order valence-corrected chi connectivity index (χ1v) is 7.82. The van der Waals surface area contributed by atoms with Crippen molar-refractivity contribution in [2.45, 2.75) is 12.8 Å². The number of carbonyl (C=O) groups is 1. The molecule has 0 aromatic heterocycles. The quantitative estimate of drug-likeness (QED) is 0.881. The molecule has 2 aromatic rings. The number of aliphatic imine (C=N–C) groups is 1. The van der Waals surface area contributed by atoms with Gasteiger partial charge < -0.3 is 14.8 Å². The van der Waals surface area contributed by atoms with Gasteiger partial charge in [-0.25, -0.2) is 4.99 Å². The van der Waals surface area contributed by atoms with Gasteiger partial charge in [0.15, 0.2) is 11.5 Å². The minimum atomic E-state index is -0.171. The Morgan fingerprint density at radius 2 is 1.88 bits per heavy atom. The maximum absolute atomic E-state index is 12.1. The van der Waals surface area contributed by atoms with E-state index < -0.39 is 0 Å². The summed E-state index contributed by atoms with van der Waals surface area (Å²) in [6.45, 7) is 0.234. The summed E-state index contributed by atoms with van der Waals surface area (Å²) in [5, 5.41) is 2.83. The summed E-state index contributed by atoms with van der Waals surface area (Å²) >= 11 is 0. The molecule has 2 aliphatic rings. The smallest absolute Gasteiger partial charge is 0.275 e. The summed E-state index contributed by atoms with van der Waals surface area (Å²) in [5.74, 6) is 1.95. The van der Waals surface area contributed by atoms with Gasteiger partial charge in [0.1, 0.15) is 11.5 Å². The van der Waals surface area contributed by atoms with Crippen LogP contribution in [0.15, 0.2) is 59.2 Å². The molecule has 0 radical (unpaired) electrons. The van der Waals surface area contributed by atoms with E-state index in [0.29, 0.717) is 23.7 Å². The highest BCUT2D eigenvalue weighted by atomic mass is 16.7. The van der Waals surface area contributed by atoms with E-state index in [1.54, 1.807) is 6.08 Å². The van der Waals surface area contributed by atoms with Crippen molar-refractivity contribution in [3.8, 4) is 11.5 Å². The summed E-state index contributed by atoms with van der Waals surface area (Å²) in [6, 6.07) is 15.7. The third-order valence-electron chi connectivity index (χ3n) is 3.94. The number of nitrogens with zero attached hydrogens (tertiary/aromatic N) is 1. The number of hydrogen-bond donors (Lipinski definition) is 1. The van der Waals surface area contributed by atoms with Crippen LogP contribution in [-0.4, -0.2) is 18.5 Å². The first-order chi connectivity index (χ1) is 11.8. The van der Waals surface area contributed by atoms with E-state index in [2.05, 4.69) is 22.4 Å². The van der Waals surface area contributed by atoms with Crippen molar-refractivity contribution in [3.05, 3.63) is 65.4 Å². The highest BCUT2D eigenvalue weighted by Crippen LogP contribution is 2.33. The molecule has 0 fully saturated rings. The molecule has 5 heteroatoms. The predicted molar refractivity (Wildman–Crippen MR) is 90.9 cm³/mol. The molecule has 0 unspecified atom stereocenters. The lowest BCUT2D eigenvalue weighted by molar-refractivity contribution is -0.115. The number of nitrogens with one attached hydrogen (secondary N) is 1. The second kappa shape index (κ2) is 6.20. The molecule has 1 amide bonds. The lowest BCUT2D eigenvalue weighted by Gasteiger charge is -2.00. The van der Waals surface area contributed by atoms with Crippen LogP contribution in [-0.2, 0) is 11.2 Å². The van der Waals surface area contributed by atoms with Crippen molar-refractivity contribution in [1.82, 2.24) is 5.32 Å². The first-order valence-electron chi connectivity index (χ1n) is 7.82. The van der Waals surface area contributed by atoms with Gasteiger partial charge in [0.2, 0.25) is 6.79 Å². The molecule has 120 valence electrons. The molecule has 0 saturated carbocycles. The van der Waals surface area contributed by atoms with Crippen LogP contribution in [0.2, 0.25) is 0 Å². The zero-order chi connectivity index (χ0) is 16.4. The van der Waals surface area contributed by atoms with Crippen molar-refractivity contribution >= 4 is 17.8 Å². The lowest BCUT2D eigenvalue weighted by Crippen LogP contribution is -2.24. The van der Waals surface area contributed by atoms with Gasteiger partial charge in [-0.05, 0) is 35.8 Å². The zero-order valence-corrected chi connectivity index (χ0v) is 13.0. The van der Waals surface area contributed by atoms with Crippen LogP contribution in [0.3, 0.4) is 0 Å². The van der Waals surface area contributed by atoms with Crippen LogP contribution < -0.4 is 14.8 Å². The van der Waals surface area contributed by atoms with E-state index in [1.165, 1.54) is 5.56 Å². The molecule has 0 atom stereocenters. The first kappa shape index (κ1) is 14.5. The Bertz CT molecular complexity index is 841. The molecule has 0 bridgehead atoms. The largest absolute Gasteiger partial charge is 0.454 e. The maximum Gasteiger partial charge on any atom is 0.275 e. The van der Waals surface area contributed by atoms with Crippen molar-refractivity contribution < 1.29 is 14.3 Å². The topological polar surface area (TPSA) is 59.9 Å². The maximum atomic E-state index is 12.1. The number of fused-ring (bicyclic) bond motifs is 1. The van der Waals surface area contributed by atoms with Gasteiger partial charge in [0.05, 0.1) is 0 Å². The number of amides is 1. The molecule has 0 aliphatic carbocycles. The average Bonchev–Trinajstić information content (AvgIpc) is 3.20. The summed E-state index contributed by atoms with van der Waals surface area (Å²) in [5.41, 5.74) is 2.50. The van der Waals surface area contributed by atoms with Crippen LogP contribution in [0.5, 0.6) is 11.5 Å². The number of hydrogen-bond acceptors (Lipinski definition) is 4. The predicted octanol–water partition coefficient (Wildman–Crippen LogP) is 2.92. The number of carbonyl (C=O) groups excluding carboxylic acids is 1. The number of amidine groups is 1. The molecule has 1 N–H and O–H groups in total. The van der Waals surface area contributed by atoms with E-state index in [1.807, 2.05) is 36.4 Å². The van der Waals surface area contributed by atoms with Crippen molar-refractivity contribution in [2.24, 2.45) is 4.99 Å². The summed E-state index contributed by atoms with van der Waals surface area (Å²) in [7, 11) is 0. The second-order valence-corrected chi connectivity index (χ2v) is 5.64. The van der Waals surface area contributed by atoms with Gasteiger partial charge >= 0.3 is 0 Å². The van der Waals surface area contributed by atoms with Crippen molar-refractivity contribution in [2.75, 3.05) is 6.79 Å². The van der Waals surface area contributed by atoms with Gasteiger partial charge in [-0.3, -0.25) is 4.79 Å². The SMILES string of the molecule is O=C1NC(CCc2ccccc2)=N/C1=C/c1ccc2c(c1)OCO2. The van der Waals surface area contributed by atoms with Crippen LogP contribution in [0.4, 0.5) is 0 Å². The van der Waals surface area contributed by atoms with Crippen LogP contribution in [0.25, 0.3) is 6.08 Å². The number of ether oxygens (including phenoxy) is 2. The van der Waals surface area contributed by atoms with Crippen molar-refractivity contribution in [3.63, 3.8) is 0 Å². The van der Waals surface area contributed by atoms with Crippen LogP contribution in [0.1, 0.15) is 17.5 Å². The molecular weight excluding hydrogens is 304 g/mol. The molecule has 2 aliphatic heterocycles. The fraction of sp³-hybridized carbons (Fsp3) is 0.158. The van der Waals surface area contributed by atoms with Gasteiger partial charge in [-0.2, -0.15) is 0 Å². The van der Waals surface area contributed by atoms with Gasteiger partial charge in [-0.1, -0.05) is 36.4 Å². The Hall–Kier alpha value is -3.08. The number of aryl methyl sites for hydroxylation is 1. The fourth-order valence-corrected chi connectivity index (χ4v) is 2.70. The Kier molecular flexibility index (Phi) is 3.75. The van der Waals surface area contributed by atoms with Gasteiger partial charge in [0.25, 0.3) is 5.91 Å². The Labute approximate surface area is 139 Å². The summed E-state index contributed by atoms with van der Waals surface area (Å²) in [4.78, 5) is 16.5. The third-order valence-corrected chi connectivity index (χ3v) is 3.94. The molecule has 2 aromatic carbocycles. The Morgan fingerprint density at radius 1 is 1.04 bits per heavy atom. The van der Waals surface area contributed by atoms with E-state index in [9.17, 15) is 4.79 Å². The third kappa shape index (κ3) is 3.01. The minimum Gasteiger partial charge on any atom is -0.454 e.